The number of rotatable bonds is 7. The third kappa shape index (κ3) is 5.15. The van der Waals surface area contributed by atoms with Crippen LogP contribution in [0.3, 0.4) is 0 Å². The monoisotopic (exact) mass is 427 g/mol. The summed E-state index contributed by atoms with van der Waals surface area (Å²) in [4.78, 5) is 12.4. The van der Waals surface area contributed by atoms with E-state index in [0.717, 1.165) is 4.31 Å². The number of benzene rings is 2. The van der Waals surface area contributed by atoms with E-state index in [1.54, 1.807) is 24.3 Å². The van der Waals surface area contributed by atoms with E-state index in [2.05, 4.69) is 5.32 Å². The molecule has 0 bridgehead atoms. The summed E-state index contributed by atoms with van der Waals surface area (Å²) in [6, 6.07) is 12.6. The molecule has 0 aliphatic carbocycles. The van der Waals surface area contributed by atoms with Crippen molar-refractivity contribution < 1.29 is 17.9 Å². The fraction of sp³-hybridized carbons (Fsp3) is 0.316. The van der Waals surface area contributed by atoms with Gasteiger partial charge in [-0.2, -0.15) is 0 Å². The number of amides is 1. The van der Waals surface area contributed by atoms with Crippen molar-refractivity contribution in [1.29, 1.82) is 0 Å². The molecular formula is C19H26ClN3O4S. The lowest BCUT2D eigenvalue weighted by molar-refractivity contribution is 0.0915. The molecule has 154 valence electrons. The molecule has 0 spiro atoms. The van der Waals surface area contributed by atoms with Gasteiger partial charge in [-0.3, -0.25) is 9.10 Å². The Kier molecular flexibility index (Phi) is 7.86. The largest absolute Gasteiger partial charge is 0.495 e. The zero-order valence-electron chi connectivity index (χ0n) is 16.3. The number of halogens is 1. The number of ether oxygens (including phenoxy) is 1. The maximum absolute atomic E-state index is 12.9. The summed E-state index contributed by atoms with van der Waals surface area (Å²) in [6.07, 6.45) is 0. The van der Waals surface area contributed by atoms with Crippen molar-refractivity contribution in [1.82, 2.24) is 5.32 Å². The van der Waals surface area contributed by atoms with Crippen LogP contribution in [0, 0.1) is 0 Å². The molecule has 0 radical (unpaired) electrons. The molecule has 0 atom stereocenters. The second-order valence-corrected chi connectivity index (χ2v) is 8.68. The third-order valence-corrected chi connectivity index (χ3v) is 5.95. The Morgan fingerprint density at radius 1 is 1.14 bits per heavy atom. The van der Waals surface area contributed by atoms with Crippen LogP contribution in [0.15, 0.2) is 53.4 Å². The van der Waals surface area contributed by atoms with Crippen LogP contribution in [0.4, 0.5) is 5.69 Å². The fourth-order valence-electron chi connectivity index (χ4n) is 2.39. The van der Waals surface area contributed by atoms with Crippen molar-refractivity contribution in [2.24, 2.45) is 5.73 Å². The lowest BCUT2D eigenvalue weighted by atomic mass is 10.1. The molecule has 2 aromatic carbocycles. The summed E-state index contributed by atoms with van der Waals surface area (Å²) in [5.41, 5.74) is 5.85. The highest BCUT2D eigenvalue weighted by atomic mass is 35.5. The van der Waals surface area contributed by atoms with Crippen LogP contribution < -0.4 is 20.1 Å². The van der Waals surface area contributed by atoms with E-state index >= 15 is 0 Å². The van der Waals surface area contributed by atoms with Gasteiger partial charge in [-0.05, 0) is 50.2 Å². The standard InChI is InChI=1S/C19H25N3O4S.ClH/c1-19(2,13-20)21-18(23)14-9-11-15(12-10-14)27(24,25)22(3)16-7-5-6-8-17(16)26-4;/h5-12H,13,20H2,1-4H3,(H,21,23);1H. The van der Waals surface area contributed by atoms with Crippen LogP contribution in [0.25, 0.3) is 0 Å². The molecule has 0 heterocycles. The first-order valence-corrected chi connectivity index (χ1v) is 9.81. The van der Waals surface area contributed by atoms with Crippen molar-refractivity contribution in [2.75, 3.05) is 25.0 Å². The summed E-state index contributed by atoms with van der Waals surface area (Å²) in [6.45, 7) is 3.91. The molecule has 0 aliphatic heterocycles. The first-order chi connectivity index (χ1) is 12.6. The number of anilines is 1. The van der Waals surface area contributed by atoms with Gasteiger partial charge in [0.1, 0.15) is 5.75 Å². The molecule has 0 fully saturated rings. The number of hydrogen-bond acceptors (Lipinski definition) is 5. The minimum atomic E-state index is -3.81. The Bertz CT molecular complexity index is 915. The SMILES string of the molecule is COc1ccccc1N(C)S(=O)(=O)c1ccc(C(=O)NC(C)(C)CN)cc1.Cl. The molecule has 28 heavy (non-hydrogen) atoms. The van der Waals surface area contributed by atoms with Crippen molar-refractivity contribution in [3.63, 3.8) is 0 Å². The number of para-hydroxylation sites is 2. The molecule has 1 amide bonds. The van der Waals surface area contributed by atoms with Gasteiger partial charge in [0.05, 0.1) is 17.7 Å². The maximum Gasteiger partial charge on any atom is 0.264 e. The fourth-order valence-corrected chi connectivity index (χ4v) is 3.59. The number of carbonyl (C=O) groups excluding carboxylic acids is 1. The van der Waals surface area contributed by atoms with Gasteiger partial charge in [0, 0.05) is 24.7 Å². The number of nitrogens with one attached hydrogen (secondary N) is 1. The quantitative estimate of drug-likeness (QED) is 0.706. The Labute approximate surface area is 172 Å². The highest BCUT2D eigenvalue weighted by molar-refractivity contribution is 7.92. The lowest BCUT2D eigenvalue weighted by Gasteiger charge is -2.24. The van der Waals surface area contributed by atoms with Gasteiger partial charge < -0.3 is 15.8 Å². The van der Waals surface area contributed by atoms with Crippen LogP contribution in [-0.2, 0) is 10.0 Å². The molecule has 2 aromatic rings. The van der Waals surface area contributed by atoms with Gasteiger partial charge >= 0.3 is 0 Å². The van der Waals surface area contributed by atoms with E-state index in [9.17, 15) is 13.2 Å². The highest BCUT2D eigenvalue weighted by Crippen LogP contribution is 2.30. The number of sulfonamides is 1. The number of carbonyl (C=O) groups is 1. The predicted molar refractivity (Wildman–Crippen MR) is 113 cm³/mol. The molecular weight excluding hydrogens is 402 g/mol. The van der Waals surface area contributed by atoms with Crippen molar-refractivity contribution >= 4 is 34.0 Å². The minimum Gasteiger partial charge on any atom is -0.495 e. The maximum atomic E-state index is 12.9. The topological polar surface area (TPSA) is 102 Å². The summed E-state index contributed by atoms with van der Waals surface area (Å²) in [7, 11) is -0.868. The van der Waals surface area contributed by atoms with Gasteiger partial charge in [0.15, 0.2) is 0 Å². The van der Waals surface area contributed by atoms with Gasteiger partial charge in [0.2, 0.25) is 0 Å². The van der Waals surface area contributed by atoms with Crippen LogP contribution in [0.2, 0.25) is 0 Å². The number of nitrogens with zero attached hydrogens (tertiary/aromatic N) is 1. The molecule has 0 aromatic heterocycles. The molecule has 7 nitrogen and oxygen atoms in total. The first kappa shape index (κ1) is 23.7. The summed E-state index contributed by atoms with van der Waals surface area (Å²) >= 11 is 0. The summed E-state index contributed by atoms with van der Waals surface area (Å²) in [5, 5.41) is 2.80. The van der Waals surface area contributed by atoms with E-state index in [1.165, 1.54) is 38.4 Å². The van der Waals surface area contributed by atoms with Crippen molar-refractivity contribution in [3.05, 3.63) is 54.1 Å². The van der Waals surface area contributed by atoms with E-state index in [0.29, 0.717) is 17.0 Å². The van der Waals surface area contributed by atoms with Gasteiger partial charge in [0.25, 0.3) is 15.9 Å². The van der Waals surface area contributed by atoms with Crippen LogP contribution >= 0.6 is 12.4 Å². The van der Waals surface area contributed by atoms with Crippen molar-refractivity contribution in [3.8, 4) is 5.75 Å². The van der Waals surface area contributed by atoms with Gasteiger partial charge in [-0.25, -0.2) is 8.42 Å². The Morgan fingerprint density at radius 2 is 1.71 bits per heavy atom. The summed E-state index contributed by atoms with van der Waals surface area (Å²) in [5.74, 6) is 0.135. The van der Waals surface area contributed by atoms with E-state index < -0.39 is 15.6 Å². The van der Waals surface area contributed by atoms with Crippen LogP contribution in [0.1, 0.15) is 24.2 Å². The Morgan fingerprint density at radius 3 is 2.25 bits per heavy atom. The summed E-state index contributed by atoms with van der Waals surface area (Å²) < 4.78 is 32.2. The molecule has 0 aliphatic rings. The minimum absolute atomic E-state index is 0. The van der Waals surface area contributed by atoms with Gasteiger partial charge in [-0.15, -0.1) is 12.4 Å². The first-order valence-electron chi connectivity index (χ1n) is 8.37. The van der Waals surface area contributed by atoms with E-state index in [4.69, 9.17) is 10.5 Å². The molecule has 3 N–H and O–H groups in total. The second-order valence-electron chi connectivity index (χ2n) is 6.71. The highest BCUT2D eigenvalue weighted by Gasteiger charge is 2.24. The molecule has 9 heteroatoms. The molecule has 0 unspecified atom stereocenters. The zero-order chi connectivity index (χ0) is 20.2. The number of hydrogen-bond donors (Lipinski definition) is 2. The normalized spacial score (nSPS) is 11.3. The third-order valence-electron chi connectivity index (χ3n) is 4.16. The number of methoxy groups -OCH3 is 1. The smallest absolute Gasteiger partial charge is 0.264 e. The molecule has 2 rings (SSSR count). The number of nitrogens with two attached hydrogens (primary N) is 1. The van der Waals surface area contributed by atoms with Crippen LogP contribution in [0.5, 0.6) is 5.75 Å². The Balaban J connectivity index is 0.00000392. The molecule has 0 saturated carbocycles. The molecule has 0 saturated heterocycles. The zero-order valence-corrected chi connectivity index (χ0v) is 17.9. The average Bonchev–Trinajstić information content (AvgIpc) is 2.67. The van der Waals surface area contributed by atoms with E-state index in [-0.39, 0.29) is 29.8 Å². The van der Waals surface area contributed by atoms with Gasteiger partial charge in [-0.1, -0.05) is 12.1 Å². The lowest BCUT2D eigenvalue weighted by Crippen LogP contribution is -2.48. The Hall–Kier alpha value is -2.29. The predicted octanol–water partition coefficient (Wildman–Crippen LogP) is 2.41. The van der Waals surface area contributed by atoms with Crippen LogP contribution in [-0.4, -0.2) is 40.6 Å². The average molecular weight is 428 g/mol. The van der Waals surface area contributed by atoms with Crippen molar-refractivity contribution in [2.45, 2.75) is 24.3 Å². The second kappa shape index (κ2) is 9.27. The van der Waals surface area contributed by atoms with E-state index in [1.807, 2.05) is 13.8 Å².